The lowest BCUT2D eigenvalue weighted by Gasteiger charge is -2.17. The fourth-order valence-electron chi connectivity index (χ4n) is 4.20. The number of anilines is 2. The van der Waals surface area contributed by atoms with E-state index in [1.54, 1.807) is 17.2 Å². The summed E-state index contributed by atoms with van der Waals surface area (Å²) in [7, 11) is 0. The number of likely N-dealkylation sites (tertiary alicyclic amines) is 1. The third-order valence-corrected chi connectivity index (χ3v) is 6.20. The molecule has 11 heteroatoms. The molecule has 0 aliphatic carbocycles. The van der Waals surface area contributed by atoms with Gasteiger partial charge < -0.3 is 30.6 Å². The highest BCUT2D eigenvalue weighted by molar-refractivity contribution is 5.89. The largest absolute Gasteiger partial charge is 0.467 e. The van der Waals surface area contributed by atoms with Crippen LogP contribution in [0.3, 0.4) is 0 Å². The Kier molecular flexibility index (Phi) is 8.91. The molecule has 3 heterocycles. The summed E-state index contributed by atoms with van der Waals surface area (Å²) < 4.78 is 5.32. The molecule has 4 rings (SSSR count). The predicted molar refractivity (Wildman–Crippen MR) is 143 cm³/mol. The molecule has 1 unspecified atom stereocenters. The van der Waals surface area contributed by atoms with E-state index in [1.807, 2.05) is 43.3 Å². The van der Waals surface area contributed by atoms with Gasteiger partial charge in [0.25, 0.3) is 0 Å². The molecule has 3 amide bonds. The van der Waals surface area contributed by atoms with Gasteiger partial charge in [0, 0.05) is 57.2 Å². The standard InChI is InChI=1S/C27H33N7O4/c1-18-24(29-11-10-28-19(2)35)32-26(20-7-4-3-5-8-20)33-25(18)30-12-13-31-27(37)21-15-23(36)34(16-21)17-22-9-6-14-38-22/h3-9,14,21H,10-13,15-17H2,1-2H3,(H,28,35)(H,31,37)(H2,29,30,32,33). The fourth-order valence-corrected chi connectivity index (χ4v) is 4.20. The number of hydrogen-bond acceptors (Lipinski definition) is 8. The average molecular weight is 520 g/mol. The number of nitrogens with zero attached hydrogens (tertiary/aromatic N) is 3. The molecule has 1 aromatic carbocycles. The van der Waals surface area contributed by atoms with Crippen LogP contribution >= 0.6 is 0 Å². The topological polar surface area (TPSA) is 141 Å². The number of carbonyl (C=O) groups is 3. The highest BCUT2D eigenvalue weighted by Gasteiger charge is 2.34. The maximum absolute atomic E-state index is 12.7. The fraction of sp³-hybridized carbons (Fsp3) is 0.370. The molecule has 1 aliphatic rings. The van der Waals surface area contributed by atoms with Gasteiger partial charge in [-0.25, -0.2) is 9.97 Å². The van der Waals surface area contributed by atoms with Crippen LogP contribution in [0.2, 0.25) is 0 Å². The van der Waals surface area contributed by atoms with Crippen LogP contribution < -0.4 is 21.3 Å². The van der Waals surface area contributed by atoms with Crippen molar-refractivity contribution in [3.05, 3.63) is 60.1 Å². The zero-order valence-electron chi connectivity index (χ0n) is 21.6. The van der Waals surface area contributed by atoms with Crippen molar-refractivity contribution in [2.75, 3.05) is 43.4 Å². The van der Waals surface area contributed by atoms with Gasteiger partial charge in [0.15, 0.2) is 5.82 Å². The minimum absolute atomic E-state index is 0.0525. The Morgan fingerprint density at radius 1 is 0.974 bits per heavy atom. The third-order valence-electron chi connectivity index (χ3n) is 6.20. The second-order valence-corrected chi connectivity index (χ2v) is 9.12. The third kappa shape index (κ3) is 7.09. The molecule has 11 nitrogen and oxygen atoms in total. The van der Waals surface area contributed by atoms with Crippen LogP contribution in [0.1, 0.15) is 24.7 Å². The van der Waals surface area contributed by atoms with Crippen molar-refractivity contribution in [2.45, 2.75) is 26.8 Å². The van der Waals surface area contributed by atoms with Gasteiger partial charge in [-0.2, -0.15) is 0 Å². The highest BCUT2D eigenvalue weighted by Crippen LogP contribution is 2.25. The van der Waals surface area contributed by atoms with E-state index < -0.39 is 0 Å². The molecule has 200 valence electrons. The molecule has 0 bridgehead atoms. The Morgan fingerprint density at radius 2 is 1.66 bits per heavy atom. The van der Waals surface area contributed by atoms with E-state index in [9.17, 15) is 14.4 Å². The van der Waals surface area contributed by atoms with Crippen LogP contribution in [-0.4, -0.2) is 65.3 Å². The van der Waals surface area contributed by atoms with Gasteiger partial charge in [-0.3, -0.25) is 14.4 Å². The van der Waals surface area contributed by atoms with Crippen molar-refractivity contribution in [3.8, 4) is 11.4 Å². The number of aromatic nitrogens is 2. The van der Waals surface area contributed by atoms with Gasteiger partial charge in [-0.1, -0.05) is 30.3 Å². The lowest BCUT2D eigenvalue weighted by Crippen LogP contribution is -2.35. The summed E-state index contributed by atoms with van der Waals surface area (Å²) in [6.45, 7) is 5.93. The predicted octanol–water partition coefficient (Wildman–Crippen LogP) is 2.17. The number of nitrogens with one attached hydrogen (secondary N) is 4. The lowest BCUT2D eigenvalue weighted by atomic mass is 10.1. The molecule has 3 aromatic rings. The van der Waals surface area contributed by atoms with E-state index in [2.05, 4.69) is 26.3 Å². The molecular weight excluding hydrogens is 486 g/mol. The van der Waals surface area contributed by atoms with Crippen molar-refractivity contribution in [1.82, 2.24) is 25.5 Å². The average Bonchev–Trinajstić information content (AvgIpc) is 3.56. The normalized spacial score (nSPS) is 14.8. The number of amides is 3. The molecule has 2 aromatic heterocycles. The molecule has 38 heavy (non-hydrogen) atoms. The Balaban J connectivity index is 1.33. The summed E-state index contributed by atoms with van der Waals surface area (Å²) in [4.78, 5) is 47.2. The molecule has 0 radical (unpaired) electrons. The van der Waals surface area contributed by atoms with Crippen molar-refractivity contribution in [2.24, 2.45) is 5.92 Å². The Bertz CT molecular complexity index is 1250. The molecule has 1 aliphatic heterocycles. The zero-order valence-corrected chi connectivity index (χ0v) is 21.6. The van der Waals surface area contributed by atoms with Crippen LogP contribution in [0.25, 0.3) is 11.4 Å². The van der Waals surface area contributed by atoms with Crippen LogP contribution in [0.5, 0.6) is 0 Å². The Morgan fingerprint density at radius 3 is 2.29 bits per heavy atom. The van der Waals surface area contributed by atoms with E-state index in [0.29, 0.717) is 62.5 Å². The SMILES string of the molecule is CC(=O)NCCNc1nc(-c2ccccc2)nc(NCCNC(=O)C2CC(=O)N(Cc3ccco3)C2)c1C. The monoisotopic (exact) mass is 519 g/mol. The minimum Gasteiger partial charge on any atom is -0.467 e. The van der Waals surface area contributed by atoms with Gasteiger partial charge >= 0.3 is 0 Å². The van der Waals surface area contributed by atoms with Crippen LogP contribution in [-0.2, 0) is 20.9 Å². The van der Waals surface area contributed by atoms with E-state index in [0.717, 1.165) is 11.1 Å². The second-order valence-electron chi connectivity index (χ2n) is 9.12. The smallest absolute Gasteiger partial charge is 0.225 e. The summed E-state index contributed by atoms with van der Waals surface area (Å²) in [6.07, 6.45) is 1.76. The first-order chi connectivity index (χ1) is 18.4. The summed E-state index contributed by atoms with van der Waals surface area (Å²) in [5.74, 6) is 1.89. The van der Waals surface area contributed by atoms with Crippen LogP contribution in [0, 0.1) is 12.8 Å². The molecule has 0 spiro atoms. The zero-order chi connectivity index (χ0) is 26.9. The summed E-state index contributed by atoms with van der Waals surface area (Å²) >= 11 is 0. The molecule has 4 N–H and O–H groups in total. The van der Waals surface area contributed by atoms with Crippen molar-refractivity contribution in [3.63, 3.8) is 0 Å². The maximum Gasteiger partial charge on any atom is 0.225 e. The number of furan rings is 1. The summed E-state index contributed by atoms with van der Waals surface area (Å²) in [6, 6.07) is 13.2. The van der Waals surface area contributed by atoms with E-state index in [4.69, 9.17) is 9.40 Å². The van der Waals surface area contributed by atoms with E-state index in [1.165, 1.54) is 6.92 Å². The maximum atomic E-state index is 12.7. The van der Waals surface area contributed by atoms with Gasteiger partial charge in [0.2, 0.25) is 17.7 Å². The second kappa shape index (κ2) is 12.7. The minimum atomic E-state index is -0.387. The quantitative estimate of drug-likeness (QED) is 0.267. The summed E-state index contributed by atoms with van der Waals surface area (Å²) in [5, 5.41) is 12.3. The van der Waals surface area contributed by atoms with Gasteiger partial charge in [0.05, 0.1) is 18.7 Å². The number of hydrogen-bond donors (Lipinski definition) is 4. The van der Waals surface area contributed by atoms with Crippen LogP contribution in [0.15, 0.2) is 53.1 Å². The molecule has 0 saturated carbocycles. The number of benzene rings is 1. The van der Waals surface area contributed by atoms with Gasteiger partial charge in [-0.15, -0.1) is 0 Å². The van der Waals surface area contributed by atoms with Crippen molar-refractivity contribution >= 4 is 29.4 Å². The number of rotatable bonds is 12. The van der Waals surface area contributed by atoms with Gasteiger partial charge in [0.1, 0.15) is 17.4 Å². The summed E-state index contributed by atoms with van der Waals surface area (Å²) in [5.41, 5.74) is 1.70. The number of carbonyl (C=O) groups excluding carboxylic acids is 3. The Hall–Kier alpha value is -4.41. The van der Waals surface area contributed by atoms with Crippen LogP contribution in [0.4, 0.5) is 11.6 Å². The van der Waals surface area contributed by atoms with E-state index in [-0.39, 0.29) is 30.1 Å². The first-order valence-corrected chi connectivity index (χ1v) is 12.6. The van der Waals surface area contributed by atoms with E-state index >= 15 is 0 Å². The molecule has 1 fully saturated rings. The van der Waals surface area contributed by atoms with Crippen molar-refractivity contribution in [1.29, 1.82) is 0 Å². The lowest BCUT2D eigenvalue weighted by molar-refractivity contribution is -0.129. The highest BCUT2D eigenvalue weighted by atomic mass is 16.3. The van der Waals surface area contributed by atoms with Crippen molar-refractivity contribution < 1.29 is 18.8 Å². The molecular formula is C27H33N7O4. The molecule has 1 atom stereocenters. The Labute approximate surface area is 221 Å². The molecule has 1 saturated heterocycles. The first-order valence-electron chi connectivity index (χ1n) is 12.6. The van der Waals surface area contributed by atoms with Gasteiger partial charge in [-0.05, 0) is 19.1 Å². The first kappa shape index (κ1) is 26.6.